The van der Waals surface area contributed by atoms with Gasteiger partial charge in [-0.1, -0.05) is 24.3 Å². The Morgan fingerprint density at radius 1 is 1.04 bits per heavy atom. The average molecular weight is 421 g/mol. The predicted octanol–water partition coefficient (Wildman–Crippen LogP) is 2.95. The van der Waals surface area contributed by atoms with Crippen molar-refractivity contribution in [3.63, 3.8) is 0 Å². The molecule has 150 valence electrons. The molecular formula is C20H24N2O4S2. The minimum atomic E-state index is -3.24. The van der Waals surface area contributed by atoms with E-state index in [-0.39, 0.29) is 34.3 Å². The molecule has 1 unspecified atom stereocenters. The molecule has 0 saturated carbocycles. The molecule has 0 aliphatic carbocycles. The average Bonchev–Trinajstić information content (AvgIpc) is 2.61. The molecule has 0 aromatic heterocycles. The van der Waals surface area contributed by atoms with Gasteiger partial charge in [-0.15, -0.1) is 11.8 Å². The molecule has 0 heterocycles. The smallest absolute Gasteiger partial charge is 0.234 e. The molecule has 2 aromatic carbocycles. The lowest BCUT2D eigenvalue weighted by molar-refractivity contribution is -0.119. The fourth-order valence-electron chi connectivity index (χ4n) is 2.53. The van der Waals surface area contributed by atoms with E-state index in [1.165, 1.54) is 23.9 Å². The molecule has 2 amide bonds. The first-order valence-corrected chi connectivity index (χ1v) is 11.7. The topological polar surface area (TPSA) is 92.3 Å². The summed E-state index contributed by atoms with van der Waals surface area (Å²) in [5, 5.41) is 5.64. The first-order chi connectivity index (χ1) is 13.1. The second-order valence-electron chi connectivity index (χ2n) is 6.54. The maximum Gasteiger partial charge on any atom is 0.234 e. The molecule has 1 atom stereocenters. The third-order valence-corrected chi connectivity index (χ3v) is 6.01. The minimum Gasteiger partial charge on any atom is -0.349 e. The van der Waals surface area contributed by atoms with Crippen molar-refractivity contribution in [1.82, 2.24) is 5.32 Å². The minimum absolute atomic E-state index is 0.159. The van der Waals surface area contributed by atoms with Crippen LogP contribution in [0.4, 0.5) is 5.69 Å². The van der Waals surface area contributed by atoms with Crippen LogP contribution in [-0.4, -0.2) is 38.0 Å². The van der Waals surface area contributed by atoms with E-state index in [1.54, 1.807) is 12.1 Å². The second kappa shape index (κ2) is 9.75. The first-order valence-electron chi connectivity index (χ1n) is 8.69. The Balaban J connectivity index is 1.76. The fraction of sp³-hybridized carbons (Fsp3) is 0.300. The molecule has 2 rings (SSSR count). The first kappa shape index (κ1) is 22.0. The molecule has 0 radical (unpaired) electrons. The van der Waals surface area contributed by atoms with E-state index in [1.807, 2.05) is 38.1 Å². The van der Waals surface area contributed by atoms with Gasteiger partial charge in [0.1, 0.15) is 0 Å². The largest absolute Gasteiger partial charge is 0.349 e. The van der Waals surface area contributed by atoms with E-state index in [9.17, 15) is 18.0 Å². The highest BCUT2D eigenvalue weighted by atomic mass is 32.2. The van der Waals surface area contributed by atoms with Crippen LogP contribution in [0.5, 0.6) is 0 Å². The van der Waals surface area contributed by atoms with E-state index in [2.05, 4.69) is 10.6 Å². The Morgan fingerprint density at radius 3 is 2.29 bits per heavy atom. The maximum absolute atomic E-state index is 12.1. The molecule has 28 heavy (non-hydrogen) atoms. The van der Waals surface area contributed by atoms with Gasteiger partial charge in [-0.3, -0.25) is 9.59 Å². The van der Waals surface area contributed by atoms with E-state index < -0.39 is 9.84 Å². The number of hydrogen-bond donors (Lipinski definition) is 2. The Bertz CT molecular complexity index is 941. The zero-order valence-electron chi connectivity index (χ0n) is 16.1. The van der Waals surface area contributed by atoms with Gasteiger partial charge in [-0.2, -0.15) is 0 Å². The van der Waals surface area contributed by atoms with Crippen molar-refractivity contribution in [2.24, 2.45) is 0 Å². The van der Waals surface area contributed by atoms with Crippen molar-refractivity contribution in [3.8, 4) is 0 Å². The number of carbonyl (C=O) groups is 2. The third kappa shape index (κ3) is 7.01. The summed E-state index contributed by atoms with van der Waals surface area (Å²) < 4.78 is 23.0. The number of anilines is 1. The molecule has 8 heteroatoms. The van der Waals surface area contributed by atoms with Crippen LogP contribution in [0.15, 0.2) is 53.4 Å². The van der Waals surface area contributed by atoms with Crippen molar-refractivity contribution in [3.05, 3.63) is 59.7 Å². The van der Waals surface area contributed by atoms with Crippen LogP contribution < -0.4 is 10.6 Å². The number of sulfone groups is 1. The summed E-state index contributed by atoms with van der Waals surface area (Å²) in [7, 11) is -3.24. The number of amides is 2. The van der Waals surface area contributed by atoms with Gasteiger partial charge >= 0.3 is 0 Å². The molecule has 0 aliphatic heterocycles. The predicted molar refractivity (Wildman–Crippen MR) is 113 cm³/mol. The summed E-state index contributed by atoms with van der Waals surface area (Å²) in [6, 6.07) is 13.7. The highest BCUT2D eigenvalue weighted by Crippen LogP contribution is 2.16. The number of carbonyl (C=O) groups excluding carboxylic acids is 2. The third-order valence-electron chi connectivity index (χ3n) is 3.95. The number of aryl methyl sites for hydroxylation is 1. The molecule has 6 nitrogen and oxygen atoms in total. The van der Waals surface area contributed by atoms with Crippen LogP contribution in [0.2, 0.25) is 0 Å². The van der Waals surface area contributed by atoms with Gasteiger partial charge < -0.3 is 10.6 Å². The standard InChI is InChI=1S/C20H24N2O4S2/c1-14-5-4-6-17(11-14)22-20(24)13-27-12-19(23)21-15(2)16-7-9-18(10-8-16)28(3,25)26/h4-11,15H,12-13H2,1-3H3,(H,21,23)(H,22,24). The van der Waals surface area contributed by atoms with Crippen LogP contribution in [-0.2, 0) is 19.4 Å². The normalized spacial score (nSPS) is 12.2. The van der Waals surface area contributed by atoms with Crippen molar-refractivity contribution in [1.29, 1.82) is 0 Å². The molecule has 2 N–H and O–H groups in total. The number of thioether (sulfide) groups is 1. The van der Waals surface area contributed by atoms with Crippen LogP contribution >= 0.6 is 11.8 Å². The highest BCUT2D eigenvalue weighted by molar-refractivity contribution is 8.00. The van der Waals surface area contributed by atoms with Gasteiger partial charge in [-0.05, 0) is 49.2 Å². The number of benzene rings is 2. The molecule has 0 fully saturated rings. The van der Waals surface area contributed by atoms with Crippen LogP contribution in [0.1, 0.15) is 24.1 Å². The lowest BCUT2D eigenvalue weighted by Gasteiger charge is -2.14. The second-order valence-corrected chi connectivity index (χ2v) is 9.54. The van der Waals surface area contributed by atoms with Gasteiger partial charge in [0.2, 0.25) is 11.8 Å². The Labute approximate surface area is 170 Å². The Hall–Kier alpha value is -2.32. The van der Waals surface area contributed by atoms with Crippen molar-refractivity contribution < 1.29 is 18.0 Å². The van der Waals surface area contributed by atoms with Crippen molar-refractivity contribution in [2.75, 3.05) is 23.1 Å². The van der Waals surface area contributed by atoms with Crippen LogP contribution in [0, 0.1) is 6.92 Å². The van der Waals surface area contributed by atoms with Crippen LogP contribution in [0.3, 0.4) is 0 Å². The zero-order valence-corrected chi connectivity index (χ0v) is 17.7. The molecule has 0 saturated heterocycles. The quantitative estimate of drug-likeness (QED) is 0.685. The number of rotatable bonds is 8. The van der Waals surface area contributed by atoms with E-state index >= 15 is 0 Å². The van der Waals surface area contributed by atoms with E-state index in [4.69, 9.17) is 0 Å². The fourth-order valence-corrected chi connectivity index (χ4v) is 3.79. The Kier molecular flexibility index (Phi) is 7.65. The monoisotopic (exact) mass is 420 g/mol. The Morgan fingerprint density at radius 2 is 1.68 bits per heavy atom. The van der Waals surface area contributed by atoms with Crippen molar-refractivity contribution >= 4 is 39.1 Å². The van der Waals surface area contributed by atoms with Crippen LogP contribution in [0.25, 0.3) is 0 Å². The van der Waals surface area contributed by atoms with Gasteiger partial charge in [0.15, 0.2) is 9.84 Å². The summed E-state index contributed by atoms with van der Waals surface area (Å²) >= 11 is 1.23. The summed E-state index contributed by atoms with van der Waals surface area (Å²) in [4.78, 5) is 24.3. The zero-order chi connectivity index (χ0) is 20.7. The van der Waals surface area contributed by atoms with Gasteiger partial charge in [0, 0.05) is 11.9 Å². The molecule has 0 aliphatic rings. The number of nitrogens with one attached hydrogen (secondary N) is 2. The lowest BCUT2D eigenvalue weighted by atomic mass is 10.1. The summed E-state index contributed by atoms with van der Waals surface area (Å²) in [6.45, 7) is 3.77. The van der Waals surface area contributed by atoms with E-state index in [0.29, 0.717) is 0 Å². The van der Waals surface area contributed by atoms with E-state index in [0.717, 1.165) is 23.1 Å². The highest BCUT2D eigenvalue weighted by Gasteiger charge is 2.12. The summed E-state index contributed by atoms with van der Waals surface area (Å²) in [6.07, 6.45) is 1.15. The molecule has 0 bridgehead atoms. The maximum atomic E-state index is 12.1. The lowest BCUT2D eigenvalue weighted by Crippen LogP contribution is -2.28. The molecule has 0 spiro atoms. The molecular weight excluding hydrogens is 396 g/mol. The van der Waals surface area contributed by atoms with Crippen molar-refractivity contribution in [2.45, 2.75) is 24.8 Å². The van der Waals surface area contributed by atoms with Gasteiger partial charge in [0.25, 0.3) is 0 Å². The number of hydrogen-bond acceptors (Lipinski definition) is 5. The SMILES string of the molecule is Cc1cccc(NC(=O)CSCC(=O)NC(C)c2ccc(S(C)(=O)=O)cc2)c1. The van der Waals surface area contributed by atoms with Gasteiger partial charge in [0.05, 0.1) is 22.4 Å². The molecule has 2 aromatic rings. The van der Waals surface area contributed by atoms with Gasteiger partial charge in [-0.25, -0.2) is 8.42 Å². The summed E-state index contributed by atoms with van der Waals surface area (Å²) in [5.74, 6) is -0.00734. The summed E-state index contributed by atoms with van der Waals surface area (Å²) in [5.41, 5.74) is 2.60.